The van der Waals surface area contributed by atoms with Gasteiger partial charge in [-0.1, -0.05) is 52.4 Å². The van der Waals surface area contributed by atoms with Gasteiger partial charge in [-0.05, 0) is 12.8 Å². The third-order valence-corrected chi connectivity index (χ3v) is 4.56. The smallest absolute Gasteiger partial charge is 1.00 e. The van der Waals surface area contributed by atoms with Crippen molar-refractivity contribution >= 4 is 22.1 Å². The summed E-state index contributed by atoms with van der Waals surface area (Å²) in [6.07, 6.45) is 6.40. The first kappa shape index (κ1) is 27.7. The summed E-state index contributed by atoms with van der Waals surface area (Å²) in [5, 5.41) is -1.92. The molecule has 0 spiro atoms. The molecule has 0 heterocycles. The molecule has 1 N–H and O–H groups in total. The van der Waals surface area contributed by atoms with Gasteiger partial charge in [0.1, 0.15) is 0 Å². The zero-order chi connectivity index (χ0) is 18.4. The van der Waals surface area contributed by atoms with Crippen LogP contribution in [0.3, 0.4) is 0 Å². The largest absolute Gasteiger partial charge is 1.00 e. The number of hydrogen-bond acceptors (Lipinski definition) is 6. The van der Waals surface area contributed by atoms with Crippen LogP contribution in [0.25, 0.3) is 0 Å². The third-order valence-electron chi connectivity index (χ3n) is 3.48. The maximum absolute atomic E-state index is 11.8. The molecule has 25 heavy (non-hydrogen) atoms. The van der Waals surface area contributed by atoms with Crippen LogP contribution >= 0.6 is 0 Å². The normalized spacial score (nSPS) is 12.1. The van der Waals surface area contributed by atoms with E-state index in [-0.39, 0.29) is 66.0 Å². The van der Waals surface area contributed by atoms with E-state index < -0.39 is 33.7 Å². The third kappa shape index (κ3) is 15.3. The maximum atomic E-state index is 11.8. The molecule has 9 heteroatoms. The van der Waals surface area contributed by atoms with Crippen LogP contribution in [0.4, 0.5) is 0 Å². The molecule has 1 unspecified atom stereocenters. The number of carbonyl (C=O) groups is 2. The van der Waals surface area contributed by atoms with Gasteiger partial charge in [0.2, 0.25) is 0 Å². The van der Waals surface area contributed by atoms with Gasteiger partial charge in [0.15, 0.2) is 5.25 Å². The minimum Gasteiger partial charge on any atom is -1.00 e. The molecule has 0 aliphatic rings. The van der Waals surface area contributed by atoms with Crippen LogP contribution < -0.4 is 51.4 Å². The molecule has 144 valence electrons. The summed E-state index contributed by atoms with van der Waals surface area (Å²) in [7, 11) is -4.72. The van der Waals surface area contributed by atoms with Gasteiger partial charge in [0, 0.05) is 0 Å². The van der Waals surface area contributed by atoms with Gasteiger partial charge in [-0.15, -0.1) is 0 Å². The molecule has 0 rings (SSSR count). The number of carbonyl (C=O) groups excluding carboxylic acids is 2. The van der Waals surface area contributed by atoms with Crippen molar-refractivity contribution in [3.63, 3.8) is 0 Å². The van der Waals surface area contributed by atoms with Crippen molar-refractivity contribution in [2.75, 3.05) is 13.2 Å². The van der Waals surface area contributed by atoms with Crippen LogP contribution in [0.2, 0.25) is 0 Å². The van der Waals surface area contributed by atoms with Gasteiger partial charge in [-0.3, -0.25) is 14.1 Å². The number of rotatable bonds is 14. The van der Waals surface area contributed by atoms with Gasteiger partial charge >= 0.3 is 63.3 Å². The molecule has 0 aliphatic carbocycles. The molecule has 0 aromatic heterocycles. The van der Waals surface area contributed by atoms with Crippen LogP contribution in [-0.4, -0.2) is 43.4 Å². The molecule has 0 bridgehead atoms. The summed E-state index contributed by atoms with van der Waals surface area (Å²) in [5.41, 5.74) is 0. The minimum absolute atomic E-state index is 0. The molecule has 1 atom stereocenters. The zero-order valence-electron chi connectivity index (χ0n) is 16.7. The van der Waals surface area contributed by atoms with Crippen molar-refractivity contribution < 1.29 is 84.8 Å². The Hall–Kier alpha value is 0.486. The van der Waals surface area contributed by atoms with Crippen LogP contribution in [0.1, 0.15) is 73.1 Å². The number of esters is 2. The topological polar surface area (TPSA) is 107 Å². The molecule has 0 saturated carbocycles. The van der Waals surface area contributed by atoms with Gasteiger partial charge in [0.05, 0.1) is 19.6 Å². The van der Waals surface area contributed by atoms with Gasteiger partial charge < -0.3 is 10.9 Å². The first-order chi connectivity index (χ1) is 11.3. The quantitative estimate of drug-likeness (QED) is 0.187. The first-order valence-corrected chi connectivity index (χ1v) is 10.1. The van der Waals surface area contributed by atoms with Gasteiger partial charge in [-0.2, -0.15) is 8.42 Å². The zero-order valence-corrected chi connectivity index (χ0v) is 19.6. The summed E-state index contributed by atoms with van der Waals surface area (Å²) < 4.78 is 41.5. The maximum Gasteiger partial charge on any atom is 1.00 e. The molecule has 0 amide bonds. The number of hydrogen-bond donors (Lipinski definition) is 1. The molecular weight excluding hydrogens is 375 g/mol. The Labute approximate surface area is 195 Å². The number of unbranched alkanes of at least 4 members (excludes halogenated alkanes) is 6. The average molecular weight is 407 g/mol. The first-order valence-electron chi connectivity index (χ1n) is 8.61. The van der Waals surface area contributed by atoms with E-state index in [0.717, 1.165) is 38.5 Å². The Balaban J connectivity index is -0.00000264. The Morgan fingerprint density at radius 1 is 0.920 bits per heavy atom. The van der Waals surface area contributed by atoms with Crippen molar-refractivity contribution in [2.45, 2.75) is 76.9 Å². The predicted molar refractivity (Wildman–Crippen MR) is 91.3 cm³/mol. The molecular formula is C16H31KO7S. The molecule has 7 nitrogen and oxygen atoms in total. The van der Waals surface area contributed by atoms with Crippen LogP contribution in [0, 0.1) is 0 Å². The second-order valence-electron chi connectivity index (χ2n) is 5.72. The second kappa shape index (κ2) is 16.6. The molecule has 0 aliphatic heterocycles. The SMILES string of the molecule is CCCCCCOC(=O)CC(C(=O)OCCCCCC)S(=O)(=O)O.[H-].[K+]. The summed E-state index contributed by atoms with van der Waals surface area (Å²) in [6.45, 7) is 4.32. The van der Waals surface area contributed by atoms with Crippen molar-refractivity contribution in [1.82, 2.24) is 0 Å². The molecule has 0 fully saturated rings. The van der Waals surface area contributed by atoms with E-state index in [1.807, 2.05) is 6.92 Å². The Morgan fingerprint density at radius 3 is 1.84 bits per heavy atom. The van der Waals surface area contributed by atoms with Crippen molar-refractivity contribution in [3.05, 3.63) is 0 Å². The predicted octanol–water partition coefficient (Wildman–Crippen LogP) is -0.00360. The van der Waals surface area contributed by atoms with E-state index in [1.54, 1.807) is 0 Å². The van der Waals surface area contributed by atoms with Crippen molar-refractivity contribution in [2.24, 2.45) is 0 Å². The second-order valence-corrected chi connectivity index (χ2v) is 7.32. The minimum atomic E-state index is -4.72. The van der Waals surface area contributed by atoms with E-state index in [2.05, 4.69) is 6.92 Å². The van der Waals surface area contributed by atoms with Crippen LogP contribution in [-0.2, 0) is 29.2 Å². The molecule has 0 aromatic carbocycles. The standard InChI is InChI=1S/C16H30O7S.K.H/c1-3-5-7-9-11-22-15(17)13-14(24(19,20)21)16(18)23-12-10-8-6-4-2;;/h14H,3-13H2,1-2H3,(H,19,20,21);;/q;+1;-1. The van der Waals surface area contributed by atoms with Gasteiger partial charge in [0.25, 0.3) is 10.1 Å². The van der Waals surface area contributed by atoms with Crippen molar-refractivity contribution in [3.8, 4) is 0 Å². The van der Waals surface area contributed by atoms with Crippen LogP contribution in [0.15, 0.2) is 0 Å². The summed E-state index contributed by atoms with van der Waals surface area (Å²) >= 11 is 0. The molecule has 0 saturated heterocycles. The van der Waals surface area contributed by atoms with E-state index in [1.165, 1.54) is 0 Å². The average Bonchev–Trinajstić information content (AvgIpc) is 2.51. The van der Waals surface area contributed by atoms with E-state index >= 15 is 0 Å². The molecule has 0 aromatic rings. The Bertz CT molecular complexity index is 471. The summed E-state index contributed by atoms with van der Waals surface area (Å²) in [5.74, 6) is -1.95. The fourth-order valence-electron chi connectivity index (χ4n) is 2.03. The van der Waals surface area contributed by atoms with Gasteiger partial charge in [-0.25, -0.2) is 0 Å². The van der Waals surface area contributed by atoms with E-state index in [0.29, 0.717) is 12.8 Å². The van der Waals surface area contributed by atoms with Crippen molar-refractivity contribution in [1.29, 1.82) is 0 Å². The fourth-order valence-corrected chi connectivity index (χ4v) is 2.69. The summed E-state index contributed by atoms with van der Waals surface area (Å²) in [4.78, 5) is 23.5. The van der Waals surface area contributed by atoms with Crippen LogP contribution in [0.5, 0.6) is 0 Å². The van der Waals surface area contributed by atoms with E-state index in [9.17, 15) is 18.0 Å². The van der Waals surface area contributed by atoms with E-state index in [4.69, 9.17) is 14.0 Å². The Kier molecular flexibility index (Phi) is 18.4. The summed E-state index contributed by atoms with van der Waals surface area (Å²) in [6, 6.07) is 0. The number of ether oxygens (including phenoxy) is 2. The molecule has 0 radical (unpaired) electrons. The Morgan fingerprint density at radius 2 is 1.40 bits per heavy atom. The fraction of sp³-hybridized carbons (Fsp3) is 0.875. The monoisotopic (exact) mass is 406 g/mol.